The molecule has 1 amide bonds. The summed E-state index contributed by atoms with van der Waals surface area (Å²) >= 11 is 0. The lowest BCUT2D eigenvalue weighted by Crippen LogP contribution is -2.13. The van der Waals surface area contributed by atoms with Crippen molar-refractivity contribution in [2.45, 2.75) is 13.8 Å². The molecule has 0 radical (unpaired) electrons. The zero-order valence-corrected chi connectivity index (χ0v) is 13.8. The maximum Gasteiger partial charge on any atom is 0.337 e. The van der Waals surface area contributed by atoms with Gasteiger partial charge in [0, 0.05) is 22.3 Å². The summed E-state index contributed by atoms with van der Waals surface area (Å²) in [6.45, 7) is 3.87. The molecule has 0 spiro atoms. The SMILES string of the molecule is COC(=O)c1ccc(NC(=O)c2c(C)[nH]c3ccc(C)cc23)cc1. The summed E-state index contributed by atoms with van der Waals surface area (Å²) in [5.74, 6) is -0.592. The van der Waals surface area contributed by atoms with Crippen LogP contribution in [0.1, 0.15) is 32.0 Å². The third-order valence-electron chi connectivity index (χ3n) is 3.93. The number of aromatic nitrogens is 1. The van der Waals surface area contributed by atoms with Crippen molar-refractivity contribution in [3.63, 3.8) is 0 Å². The normalized spacial score (nSPS) is 10.6. The summed E-state index contributed by atoms with van der Waals surface area (Å²) in [7, 11) is 1.33. The van der Waals surface area contributed by atoms with Crippen molar-refractivity contribution in [3.05, 3.63) is 64.8 Å². The zero-order chi connectivity index (χ0) is 17.3. The summed E-state index contributed by atoms with van der Waals surface area (Å²) in [5, 5.41) is 3.77. The van der Waals surface area contributed by atoms with E-state index >= 15 is 0 Å². The number of fused-ring (bicyclic) bond motifs is 1. The van der Waals surface area contributed by atoms with Gasteiger partial charge in [-0.1, -0.05) is 11.6 Å². The number of hydrogen-bond donors (Lipinski definition) is 2. The maximum atomic E-state index is 12.7. The average molecular weight is 322 g/mol. The zero-order valence-electron chi connectivity index (χ0n) is 13.8. The van der Waals surface area contributed by atoms with E-state index in [0.29, 0.717) is 16.8 Å². The van der Waals surface area contributed by atoms with Crippen LogP contribution < -0.4 is 5.32 Å². The number of hydrogen-bond acceptors (Lipinski definition) is 3. The van der Waals surface area contributed by atoms with Gasteiger partial charge in [-0.25, -0.2) is 4.79 Å². The standard InChI is InChI=1S/C19H18N2O3/c1-11-4-9-16-15(10-11)17(12(2)20-16)18(22)21-14-7-5-13(6-8-14)19(23)24-3/h4-10,20H,1-3H3,(H,21,22). The van der Waals surface area contributed by atoms with Crippen molar-refractivity contribution in [2.75, 3.05) is 12.4 Å². The molecule has 2 N–H and O–H groups in total. The van der Waals surface area contributed by atoms with E-state index in [2.05, 4.69) is 15.0 Å². The van der Waals surface area contributed by atoms with E-state index in [4.69, 9.17) is 0 Å². The van der Waals surface area contributed by atoms with E-state index in [1.165, 1.54) is 7.11 Å². The van der Waals surface area contributed by atoms with E-state index < -0.39 is 5.97 Å². The van der Waals surface area contributed by atoms with Crippen LogP contribution in [0, 0.1) is 13.8 Å². The molecule has 0 aliphatic carbocycles. The Balaban J connectivity index is 1.89. The van der Waals surface area contributed by atoms with Gasteiger partial charge >= 0.3 is 5.97 Å². The Hall–Kier alpha value is -3.08. The number of benzene rings is 2. The molecule has 0 aliphatic heterocycles. The molecule has 24 heavy (non-hydrogen) atoms. The fourth-order valence-electron chi connectivity index (χ4n) is 2.73. The highest BCUT2D eigenvalue weighted by molar-refractivity contribution is 6.14. The van der Waals surface area contributed by atoms with Gasteiger partial charge in [0.15, 0.2) is 0 Å². The largest absolute Gasteiger partial charge is 0.465 e. The van der Waals surface area contributed by atoms with Crippen LogP contribution >= 0.6 is 0 Å². The highest BCUT2D eigenvalue weighted by atomic mass is 16.5. The molecule has 3 aromatic rings. The molecular formula is C19H18N2O3. The smallest absolute Gasteiger partial charge is 0.337 e. The topological polar surface area (TPSA) is 71.2 Å². The van der Waals surface area contributed by atoms with Crippen LogP contribution in [0.5, 0.6) is 0 Å². The van der Waals surface area contributed by atoms with Gasteiger partial charge < -0.3 is 15.0 Å². The second kappa shape index (κ2) is 6.20. The monoisotopic (exact) mass is 322 g/mol. The Morgan fingerprint density at radius 3 is 2.42 bits per heavy atom. The summed E-state index contributed by atoms with van der Waals surface area (Å²) in [4.78, 5) is 27.3. The van der Waals surface area contributed by atoms with Crippen molar-refractivity contribution in [1.29, 1.82) is 0 Å². The molecule has 1 heterocycles. The van der Waals surface area contributed by atoms with Gasteiger partial charge in [-0.15, -0.1) is 0 Å². The van der Waals surface area contributed by atoms with Gasteiger partial charge in [0.2, 0.25) is 0 Å². The van der Waals surface area contributed by atoms with Crippen LogP contribution in [-0.2, 0) is 4.74 Å². The average Bonchev–Trinajstić information content (AvgIpc) is 2.90. The molecule has 1 aromatic heterocycles. The molecule has 3 rings (SSSR count). The lowest BCUT2D eigenvalue weighted by Gasteiger charge is -2.07. The van der Waals surface area contributed by atoms with Crippen molar-refractivity contribution in [3.8, 4) is 0 Å². The van der Waals surface area contributed by atoms with Crippen LogP contribution in [0.3, 0.4) is 0 Å². The molecule has 0 bridgehead atoms. The van der Waals surface area contributed by atoms with Crippen molar-refractivity contribution < 1.29 is 14.3 Å². The van der Waals surface area contributed by atoms with E-state index in [-0.39, 0.29) is 5.91 Å². The molecule has 0 saturated heterocycles. The predicted molar refractivity (Wildman–Crippen MR) is 93.5 cm³/mol. The molecule has 0 atom stereocenters. The molecule has 0 unspecified atom stereocenters. The Bertz CT molecular complexity index is 924. The minimum Gasteiger partial charge on any atom is -0.465 e. The van der Waals surface area contributed by atoms with Crippen LogP contribution in [0.2, 0.25) is 0 Å². The first-order valence-corrected chi connectivity index (χ1v) is 7.58. The molecule has 5 heteroatoms. The van der Waals surface area contributed by atoms with Crippen LogP contribution in [0.4, 0.5) is 5.69 Å². The second-order valence-electron chi connectivity index (χ2n) is 5.70. The van der Waals surface area contributed by atoms with E-state index in [1.54, 1.807) is 24.3 Å². The first kappa shape index (κ1) is 15.8. The van der Waals surface area contributed by atoms with Crippen molar-refractivity contribution >= 4 is 28.5 Å². The fraction of sp³-hybridized carbons (Fsp3) is 0.158. The Kier molecular flexibility index (Phi) is 4.08. The number of rotatable bonds is 3. The predicted octanol–water partition coefficient (Wildman–Crippen LogP) is 3.82. The molecule has 5 nitrogen and oxygen atoms in total. The summed E-state index contributed by atoms with van der Waals surface area (Å²) in [5.41, 5.74) is 4.54. The fourth-order valence-corrected chi connectivity index (χ4v) is 2.73. The van der Waals surface area contributed by atoms with E-state index in [1.807, 2.05) is 32.0 Å². The lowest BCUT2D eigenvalue weighted by atomic mass is 10.1. The number of anilines is 1. The molecule has 0 saturated carbocycles. The Labute approximate surface area is 139 Å². The van der Waals surface area contributed by atoms with Gasteiger partial charge in [0.1, 0.15) is 0 Å². The van der Waals surface area contributed by atoms with E-state index in [0.717, 1.165) is 22.2 Å². The second-order valence-corrected chi connectivity index (χ2v) is 5.70. The van der Waals surface area contributed by atoms with Gasteiger partial charge in [0.25, 0.3) is 5.91 Å². The van der Waals surface area contributed by atoms with Crippen LogP contribution in [0.25, 0.3) is 10.9 Å². The number of esters is 1. The first-order chi connectivity index (χ1) is 11.5. The van der Waals surface area contributed by atoms with Gasteiger partial charge in [0.05, 0.1) is 18.2 Å². The molecule has 122 valence electrons. The number of methoxy groups -OCH3 is 1. The maximum absolute atomic E-state index is 12.7. The van der Waals surface area contributed by atoms with Crippen molar-refractivity contribution in [2.24, 2.45) is 0 Å². The number of amides is 1. The van der Waals surface area contributed by atoms with Gasteiger partial charge in [-0.05, 0) is 50.2 Å². The number of nitrogens with one attached hydrogen (secondary N) is 2. The van der Waals surface area contributed by atoms with Gasteiger partial charge in [-0.2, -0.15) is 0 Å². The van der Waals surface area contributed by atoms with E-state index in [9.17, 15) is 9.59 Å². The summed E-state index contributed by atoms with van der Waals surface area (Å²) < 4.78 is 4.66. The van der Waals surface area contributed by atoms with Gasteiger partial charge in [-0.3, -0.25) is 4.79 Å². The quantitative estimate of drug-likeness (QED) is 0.720. The molecule has 0 aliphatic rings. The third-order valence-corrected chi connectivity index (χ3v) is 3.93. The highest BCUT2D eigenvalue weighted by Crippen LogP contribution is 2.24. The number of aromatic amines is 1. The number of carbonyl (C=O) groups excluding carboxylic acids is 2. The molecule has 2 aromatic carbocycles. The third kappa shape index (κ3) is 2.88. The minimum absolute atomic E-state index is 0.185. The number of H-pyrrole nitrogens is 1. The highest BCUT2D eigenvalue weighted by Gasteiger charge is 2.16. The minimum atomic E-state index is -0.407. The lowest BCUT2D eigenvalue weighted by molar-refractivity contribution is 0.0600. The van der Waals surface area contributed by atoms with Crippen LogP contribution in [0.15, 0.2) is 42.5 Å². The number of carbonyl (C=O) groups is 2. The summed E-state index contributed by atoms with van der Waals surface area (Å²) in [6, 6.07) is 12.6. The number of ether oxygens (including phenoxy) is 1. The first-order valence-electron chi connectivity index (χ1n) is 7.58. The Morgan fingerprint density at radius 2 is 1.75 bits per heavy atom. The van der Waals surface area contributed by atoms with Crippen molar-refractivity contribution in [1.82, 2.24) is 4.98 Å². The summed E-state index contributed by atoms with van der Waals surface area (Å²) in [6.07, 6.45) is 0. The van der Waals surface area contributed by atoms with Crippen LogP contribution in [-0.4, -0.2) is 24.0 Å². The Morgan fingerprint density at radius 1 is 1.04 bits per heavy atom. The number of aryl methyl sites for hydroxylation is 2. The molecular weight excluding hydrogens is 304 g/mol. The molecule has 0 fully saturated rings.